The van der Waals surface area contributed by atoms with E-state index < -0.39 is 8.07 Å². The first-order valence-electron chi connectivity index (χ1n) is 5.96. The second-order valence-electron chi connectivity index (χ2n) is 5.40. The van der Waals surface area contributed by atoms with Gasteiger partial charge in [0.05, 0.1) is 19.0 Å². The van der Waals surface area contributed by atoms with Crippen LogP contribution < -0.4 is 10.2 Å². The Hall–Kier alpha value is -1.62. The predicted octanol–water partition coefficient (Wildman–Crippen LogP) is 2.21. The van der Waals surface area contributed by atoms with E-state index in [1.807, 2.05) is 18.2 Å². The molecular formula is C13H18N2O2Si. The molecule has 1 aliphatic rings. The van der Waals surface area contributed by atoms with E-state index in [0.29, 0.717) is 11.9 Å². The van der Waals surface area contributed by atoms with Crippen molar-refractivity contribution in [3.63, 3.8) is 0 Å². The number of ether oxygens (including phenoxy) is 1. The first-order chi connectivity index (χ1) is 8.43. The minimum Gasteiger partial charge on any atom is -0.497 e. The highest BCUT2D eigenvalue weighted by Gasteiger charge is 2.31. The standard InChI is InChI=1S/C13H18N2O2Si/c1-17-10-5-6-11-9(7-10)8-14-15-13(12(11)16)18(2,3)4/h5-7,14H,8H2,1-4H3. The molecular weight excluding hydrogens is 244 g/mol. The van der Waals surface area contributed by atoms with Gasteiger partial charge in [0.2, 0.25) is 5.78 Å². The van der Waals surface area contributed by atoms with Crippen molar-refractivity contribution in [3.8, 4) is 5.75 Å². The number of carbonyl (C=O) groups is 1. The number of methoxy groups -OCH3 is 1. The van der Waals surface area contributed by atoms with Crippen molar-refractivity contribution in [3.05, 3.63) is 29.3 Å². The maximum atomic E-state index is 12.5. The molecule has 0 unspecified atom stereocenters. The fraction of sp³-hybridized carbons (Fsp3) is 0.385. The van der Waals surface area contributed by atoms with Gasteiger partial charge in [-0.15, -0.1) is 0 Å². The van der Waals surface area contributed by atoms with Gasteiger partial charge in [-0.2, -0.15) is 5.10 Å². The molecule has 0 aliphatic carbocycles. The van der Waals surface area contributed by atoms with Crippen LogP contribution in [0.2, 0.25) is 19.6 Å². The third-order valence-electron chi connectivity index (χ3n) is 2.94. The van der Waals surface area contributed by atoms with E-state index in [2.05, 4.69) is 30.2 Å². The van der Waals surface area contributed by atoms with Crippen LogP contribution in [0.3, 0.4) is 0 Å². The third kappa shape index (κ3) is 2.31. The van der Waals surface area contributed by atoms with Crippen LogP contribution in [0.25, 0.3) is 0 Å². The summed E-state index contributed by atoms with van der Waals surface area (Å²) in [6.45, 7) is 6.94. The number of hydrogen-bond acceptors (Lipinski definition) is 4. The summed E-state index contributed by atoms with van der Waals surface area (Å²) in [5.74, 6) is 0.816. The van der Waals surface area contributed by atoms with Gasteiger partial charge in [0, 0.05) is 5.56 Å². The Labute approximate surface area is 108 Å². The van der Waals surface area contributed by atoms with Crippen molar-refractivity contribution >= 4 is 19.2 Å². The highest BCUT2D eigenvalue weighted by Crippen LogP contribution is 2.22. The monoisotopic (exact) mass is 262 g/mol. The molecule has 1 aliphatic heterocycles. The van der Waals surface area contributed by atoms with Crippen molar-refractivity contribution in [2.45, 2.75) is 26.2 Å². The molecule has 1 aromatic rings. The van der Waals surface area contributed by atoms with Gasteiger partial charge in [-0.1, -0.05) is 19.6 Å². The van der Waals surface area contributed by atoms with E-state index in [9.17, 15) is 4.79 Å². The second kappa shape index (κ2) is 4.57. The first kappa shape index (κ1) is 12.8. The van der Waals surface area contributed by atoms with Crippen molar-refractivity contribution < 1.29 is 9.53 Å². The van der Waals surface area contributed by atoms with E-state index in [-0.39, 0.29) is 5.78 Å². The molecule has 0 aromatic heterocycles. The molecule has 5 heteroatoms. The molecule has 0 spiro atoms. The average molecular weight is 262 g/mol. The summed E-state index contributed by atoms with van der Waals surface area (Å²) in [5, 5.41) is 4.98. The summed E-state index contributed by atoms with van der Waals surface area (Å²) in [7, 11) is -0.113. The van der Waals surface area contributed by atoms with E-state index in [1.165, 1.54) is 0 Å². The van der Waals surface area contributed by atoms with Crippen LogP contribution in [0.4, 0.5) is 0 Å². The Balaban J connectivity index is 2.47. The van der Waals surface area contributed by atoms with Gasteiger partial charge in [0.25, 0.3) is 0 Å². The van der Waals surface area contributed by atoms with E-state index in [4.69, 9.17) is 4.74 Å². The number of ketones is 1. The Morgan fingerprint density at radius 3 is 2.67 bits per heavy atom. The van der Waals surface area contributed by atoms with Crippen molar-refractivity contribution in [1.29, 1.82) is 0 Å². The molecule has 0 amide bonds. The van der Waals surface area contributed by atoms with Crippen LogP contribution in [-0.2, 0) is 6.54 Å². The topological polar surface area (TPSA) is 50.7 Å². The molecule has 0 saturated carbocycles. The fourth-order valence-corrected chi connectivity index (χ4v) is 3.19. The van der Waals surface area contributed by atoms with E-state index in [1.54, 1.807) is 7.11 Å². The number of hydrazone groups is 1. The Morgan fingerprint density at radius 2 is 2.06 bits per heavy atom. The predicted molar refractivity (Wildman–Crippen MR) is 74.9 cm³/mol. The lowest BCUT2D eigenvalue weighted by molar-refractivity contribution is 0.106. The van der Waals surface area contributed by atoms with E-state index in [0.717, 1.165) is 16.9 Å². The summed E-state index contributed by atoms with van der Waals surface area (Å²) in [4.78, 5) is 12.5. The van der Waals surface area contributed by atoms with Gasteiger partial charge in [-0.3, -0.25) is 4.79 Å². The maximum absolute atomic E-state index is 12.5. The number of carbonyl (C=O) groups excluding carboxylic acids is 1. The van der Waals surface area contributed by atoms with Crippen molar-refractivity contribution in [2.75, 3.05) is 7.11 Å². The summed E-state index contributed by atoms with van der Waals surface area (Å²) in [6, 6.07) is 5.55. The van der Waals surface area contributed by atoms with Gasteiger partial charge < -0.3 is 10.2 Å². The summed E-state index contributed by atoms with van der Waals surface area (Å²) >= 11 is 0. The van der Waals surface area contributed by atoms with Crippen LogP contribution in [0, 0.1) is 0 Å². The van der Waals surface area contributed by atoms with Crippen LogP contribution in [0.15, 0.2) is 23.3 Å². The zero-order valence-corrected chi connectivity index (χ0v) is 12.2. The third-order valence-corrected chi connectivity index (χ3v) is 4.70. The maximum Gasteiger partial charge on any atom is 0.204 e. The summed E-state index contributed by atoms with van der Waals surface area (Å²) < 4.78 is 5.18. The zero-order valence-electron chi connectivity index (χ0n) is 11.2. The molecule has 0 saturated heterocycles. The number of nitrogens with one attached hydrogen (secondary N) is 1. The van der Waals surface area contributed by atoms with Crippen molar-refractivity contribution in [1.82, 2.24) is 5.43 Å². The first-order valence-corrected chi connectivity index (χ1v) is 9.46. The number of Topliss-reactive ketones (excluding diaryl/α,β-unsaturated/α-hetero) is 1. The number of fused-ring (bicyclic) bond motifs is 1. The molecule has 1 heterocycles. The van der Waals surface area contributed by atoms with Crippen LogP contribution in [0.5, 0.6) is 5.75 Å². The number of nitrogens with zero attached hydrogens (tertiary/aromatic N) is 1. The zero-order chi connectivity index (χ0) is 13.3. The lowest BCUT2D eigenvalue weighted by Crippen LogP contribution is -2.40. The second-order valence-corrected chi connectivity index (χ2v) is 10.4. The van der Waals surface area contributed by atoms with Gasteiger partial charge in [-0.25, -0.2) is 0 Å². The Bertz CT molecular complexity index is 518. The lowest BCUT2D eigenvalue weighted by Gasteiger charge is -2.16. The molecule has 0 atom stereocenters. The SMILES string of the molecule is COc1ccc2c(c1)CNN=C([Si](C)(C)C)C2=O. The van der Waals surface area contributed by atoms with Gasteiger partial charge in [0.15, 0.2) is 0 Å². The normalized spacial score (nSPS) is 15.3. The molecule has 0 fully saturated rings. The largest absolute Gasteiger partial charge is 0.497 e. The lowest BCUT2D eigenvalue weighted by atomic mass is 10.0. The quantitative estimate of drug-likeness (QED) is 0.831. The molecule has 18 heavy (non-hydrogen) atoms. The van der Waals surface area contributed by atoms with Crippen LogP contribution in [-0.4, -0.2) is 26.3 Å². The molecule has 2 rings (SSSR count). The highest BCUT2D eigenvalue weighted by atomic mass is 28.3. The van der Waals surface area contributed by atoms with Crippen molar-refractivity contribution in [2.24, 2.45) is 5.10 Å². The minimum atomic E-state index is -1.74. The summed E-state index contributed by atoms with van der Waals surface area (Å²) in [5.41, 5.74) is 4.67. The minimum absolute atomic E-state index is 0.0526. The molecule has 4 nitrogen and oxygen atoms in total. The number of benzene rings is 1. The average Bonchev–Trinajstić information content (AvgIpc) is 2.47. The number of hydrogen-bond donors (Lipinski definition) is 1. The van der Waals surface area contributed by atoms with Crippen LogP contribution in [0.1, 0.15) is 15.9 Å². The molecule has 96 valence electrons. The number of rotatable bonds is 2. The van der Waals surface area contributed by atoms with Gasteiger partial charge in [-0.05, 0) is 23.8 Å². The van der Waals surface area contributed by atoms with Crippen LogP contribution >= 0.6 is 0 Å². The molecule has 0 radical (unpaired) electrons. The summed E-state index contributed by atoms with van der Waals surface area (Å²) in [6.07, 6.45) is 0. The Kier molecular flexibility index (Phi) is 3.25. The molecule has 1 aromatic carbocycles. The molecule has 1 N–H and O–H groups in total. The highest BCUT2D eigenvalue weighted by molar-refractivity contribution is 7.13. The smallest absolute Gasteiger partial charge is 0.204 e. The Morgan fingerprint density at radius 1 is 1.33 bits per heavy atom. The van der Waals surface area contributed by atoms with Gasteiger partial charge in [0.1, 0.15) is 13.8 Å². The molecule has 0 bridgehead atoms. The van der Waals surface area contributed by atoms with E-state index >= 15 is 0 Å². The fourth-order valence-electron chi connectivity index (χ4n) is 1.96. The van der Waals surface area contributed by atoms with Gasteiger partial charge >= 0.3 is 0 Å².